The molecule has 0 unspecified atom stereocenters. The first-order valence-electron chi connectivity index (χ1n) is 18.9. The normalized spacial score (nSPS) is 12.4. The Morgan fingerprint density at radius 2 is 0.873 bits per heavy atom. The van der Waals surface area contributed by atoms with Gasteiger partial charge in [-0.05, 0) is 117 Å². The SMILES string of the molecule is c1ccc2c(c1)-c1cccc3cc(-n4c5ccccc5c5cc(-c6ccc7c(c6)c6ccccc6n7-c6ccc7oc8ccccc8c7c6)ccc54)cc-2c13. The van der Waals surface area contributed by atoms with Crippen LogP contribution in [0, 0.1) is 0 Å². The van der Waals surface area contributed by atoms with Gasteiger partial charge in [0.25, 0.3) is 0 Å². The summed E-state index contributed by atoms with van der Waals surface area (Å²) in [7, 11) is 0. The molecule has 3 nitrogen and oxygen atoms in total. The van der Waals surface area contributed by atoms with Crippen molar-refractivity contribution in [2.75, 3.05) is 0 Å². The first kappa shape index (κ1) is 29.1. The quantitative estimate of drug-likeness (QED) is 0.180. The number of rotatable bonds is 3. The van der Waals surface area contributed by atoms with Crippen molar-refractivity contribution in [2.24, 2.45) is 0 Å². The zero-order chi connectivity index (χ0) is 35.8. The van der Waals surface area contributed by atoms with Gasteiger partial charge in [0.15, 0.2) is 0 Å². The molecule has 9 aromatic carbocycles. The van der Waals surface area contributed by atoms with Crippen LogP contribution in [0.5, 0.6) is 0 Å². The molecule has 0 radical (unpaired) electrons. The minimum Gasteiger partial charge on any atom is -0.456 e. The van der Waals surface area contributed by atoms with E-state index in [0.29, 0.717) is 0 Å². The van der Waals surface area contributed by atoms with Crippen LogP contribution in [-0.4, -0.2) is 9.13 Å². The van der Waals surface area contributed by atoms with Crippen molar-refractivity contribution in [3.63, 3.8) is 0 Å². The van der Waals surface area contributed by atoms with Gasteiger partial charge in [0.1, 0.15) is 11.2 Å². The fourth-order valence-electron chi connectivity index (χ4n) is 9.65. The van der Waals surface area contributed by atoms with Gasteiger partial charge in [-0.1, -0.05) is 109 Å². The Bertz CT molecular complexity index is 3610. The zero-order valence-corrected chi connectivity index (χ0v) is 29.6. The van der Waals surface area contributed by atoms with Crippen LogP contribution < -0.4 is 0 Å². The Balaban J connectivity index is 0.990. The summed E-state index contributed by atoms with van der Waals surface area (Å²) in [5.41, 5.74) is 16.6. The van der Waals surface area contributed by atoms with Gasteiger partial charge >= 0.3 is 0 Å². The van der Waals surface area contributed by atoms with Gasteiger partial charge in [-0.15, -0.1) is 0 Å². The maximum atomic E-state index is 6.18. The number of fused-ring (bicyclic) bond motifs is 12. The van der Waals surface area contributed by atoms with E-state index in [4.69, 9.17) is 4.42 Å². The van der Waals surface area contributed by atoms with E-state index in [1.54, 1.807) is 0 Å². The van der Waals surface area contributed by atoms with Gasteiger partial charge in [0.05, 0.1) is 22.1 Å². The van der Waals surface area contributed by atoms with E-state index in [1.807, 2.05) is 12.1 Å². The van der Waals surface area contributed by atoms with E-state index >= 15 is 0 Å². The predicted molar refractivity (Wildman–Crippen MR) is 230 cm³/mol. The largest absolute Gasteiger partial charge is 0.456 e. The molecule has 0 saturated heterocycles. The van der Waals surface area contributed by atoms with Gasteiger partial charge in [0.2, 0.25) is 0 Å². The Kier molecular flexibility index (Phi) is 5.63. The smallest absolute Gasteiger partial charge is 0.135 e. The van der Waals surface area contributed by atoms with Crippen LogP contribution in [0.1, 0.15) is 0 Å². The molecule has 55 heavy (non-hydrogen) atoms. The Labute approximate surface area is 315 Å². The highest BCUT2D eigenvalue weighted by atomic mass is 16.3. The number of aromatic nitrogens is 2. The van der Waals surface area contributed by atoms with E-state index in [1.165, 1.54) is 93.5 Å². The number of hydrogen-bond acceptors (Lipinski definition) is 1. The van der Waals surface area contributed by atoms with Crippen molar-refractivity contribution in [2.45, 2.75) is 0 Å². The molecule has 254 valence electrons. The molecule has 3 heteroatoms. The monoisotopic (exact) mass is 698 g/mol. The highest BCUT2D eigenvalue weighted by Crippen LogP contribution is 2.49. The van der Waals surface area contributed by atoms with Crippen LogP contribution in [0.3, 0.4) is 0 Å². The average Bonchev–Trinajstić information content (AvgIpc) is 3.97. The van der Waals surface area contributed by atoms with Crippen molar-refractivity contribution >= 4 is 76.3 Å². The van der Waals surface area contributed by atoms with Gasteiger partial charge < -0.3 is 13.6 Å². The number of para-hydroxylation sites is 3. The topological polar surface area (TPSA) is 23.0 Å². The summed E-state index contributed by atoms with van der Waals surface area (Å²) in [6, 6.07) is 66.7. The number of furan rings is 1. The molecule has 0 aliphatic heterocycles. The van der Waals surface area contributed by atoms with Crippen molar-refractivity contribution in [3.05, 3.63) is 182 Å². The molecular weight excluding hydrogens is 669 g/mol. The van der Waals surface area contributed by atoms with E-state index in [-0.39, 0.29) is 0 Å². The van der Waals surface area contributed by atoms with E-state index in [9.17, 15) is 0 Å². The first-order chi connectivity index (χ1) is 27.3. The average molecular weight is 699 g/mol. The molecule has 13 rings (SSSR count). The van der Waals surface area contributed by atoms with Gasteiger partial charge in [0, 0.05) is 43.7 Å². The van der Waals surface area contributed by atoms with E-state index in [2.05, 4.69) is 179 Å². The van der Waals surface area contributed by atoms with Crippen LogP contribution in [-0.2, 0) is 0 Å². The van der Waals surface area contributed by atoms with Gasteiger partial charge in [-0.3, -0.25) is 0 Å². The summed E-state index contributed by atoms with van der Waals surface area (Å²) in [6.45, 7) is 0. The molecule has 0 bridgehead atoms. The molecule has 1 aliphatic carbocycles. The Morgan fingerprint density at radius 3 is 1.60 bits per heavy atom. The van der Waals surface area contributed by atoms with Crippen LogP contribution in [0.4, 0.5) is 0 Å². The second kappa shape index (κ2) is 10.6. The summed E-state index contributed by atoms with van der Waals surface area (Å²) in [5, 5.41) is 9.87. The summed E-state index contributed by atoms with van der Waals surface area (Å²) < 4.78 is 11.0. The van der Waals surface area contributed by atoms with Gasteiger partial charge in [-0.2, -0.15) is 0 Å². The molecule has 0 fully saturated rings. The number of nitrogens with zero attached hydrogens (tertiary/aromatic N) is 2. The summed E-state index contributed by atoms with van der Waals surface area (Å²) in [5.74, 6) is 0. The lowest BCUT2D eigenvalue weighted by Crippen LogP contribution is -1.95. The Morgan fingerprint density at radius 1 is 0.309 bits per heavy atom. The molecule has 0 N–H and O–H groups in total. The lowest BCUT2D eigenvalue weighted by atomic mass is 10.0. The predicted octanol–water partition coefficient (Wildman–Crippen LogP) is 14.2. The maximum absolute atomic E-state index is 6.18. The standard InChI is InChI=1S/C52H30N2O/c1-2-12-37-36(11-1)41-16-9-10-33-26-35(30-45(37)52(33)41)54-47-18-7-4-14-39(47)43-28-32(21-24-49(43)54)31-20-23-48-42(27-31)38-13-3-6-17-46(38)53(48)34-22-25-51-44(29-34)40-15-5-8-19-50(40)55-51/h1-30H. The van der Waals surface area contributed by atoms with Crippen molar-refractivity contribution in [1.82, 2.24) is 9.13 Å². The molecule has 0 saturated carbocycles. The molecule has 12 aromatic rings. The fraction of sp³-hybridized carbons (Fsp3) is 0. The molecular formula is C52H30N2O. The Hall–Kier alpha value is -7.36. The molecule has 3 aromatic heterocycles. The third-order valence-corrected chi connectivity index (χ3v) is 12.0. The van der Waals surface area contributed by atoms with Crippen LogP contribution in [0.25, 0.3) is 121 Å². The number of hydrogen-bond donors (Lipinski definition) is 0. The maximum Gasteiger partial charge on any atom is 0.135 e. The third-order valence-electron chi connectivity index (χ3n) is 12.0. The minimum absolute atomic E-state index is 0.906. The van der Waals surface area contributed by atoms with Crippen LogP contribution >= 0.6 is 0 Å². The molecule has 3 heterocycles. The second-order valence-corrected chi connectivity index (χ2v) is 14.9. The lowest BCUT2D eigenvalue weighted by Gasteiger charge is -2.12. The second-order valence-electron chi connectivity index (χ2n) is 14.9. The van der Waals surface area contributed by atoms with Crippen LogP contribution in [0.15, 0.2) is 186 Å². The highest BCUT2D eigenvalue weighted by Gasteiger charge is 2.23. The number of benzene rings is 9. The summed E-state index contributed by atoms with van der Waals surface area (Å²) in [6.07, 6.45) is 0. The van der Waals surface area contributed by atoms with Crippen molar-refractivity contribution in [1.29, 1.82) is 0 Å². The highest BCUT2D eigenvalue weighted by molar-refractivity contribution is 6.17. The first-order valence-corrected chi connectivity index (χ1v) is 18.9. The van der Waals surface area contributed by atoms with E-state index in [0.717, 1.165) is 27.6 Å². The van der Waals surface area contributed by atoms with Crippen molar-refractivity contribution < 1.29 is 4.42 Å². The van der Waals surface area contributed by atoms with Crippen LogP contribution in [0.2, 0.25) is 0 Å². The third kappa shape index (κ3) is 3.94. The van der Waals surface area contributed by atoms with E-state index < -0.39 is 0 Å². The molecule has 0 amide bonds. The summed E-state index contributed by atoms with van der Waals surface area (Å²) in [4.78, 5) is 0. The van der Waals surface area contributed by atoms with Crippen molar-refractivity contribution in [3.8, 4) is 44.8 Å². The summed E-state index contributed by atoms with van der Waals surface area (Å²) >= 11 is 0. The van der Waals surface area contributed by atoms with Gasteiger partial charge in [-0.25, -0.2) is 0 Å². The molecule has 1 aliphatic rings. The minimum atomic E-state index is 0.906. The zero-order valence-electron chi connectivity index (χ0n) is 29.6. The molecule has 0 spiro atoms. The lowest BCUT2D eigenvalue weighted by molar-refractivity contribution is 0.669. The molecule has 0 atom stereocenters. The fourth-order valence-corrected chi connectivity index (χ4v) is 9.65.